The van der Waals surface area contributed by atoms with Crippen molar-refractivity contribution in [2.24, 2.45) is 5.73 Å². The highest BCUT2D eigenvalue weighted by molar-refractivity contribution is 9.10. The third kappa shape index (κ3) is 4.63. The molecule has 0 heterocycles. The number of hydrogen-bond acceptors (Lipinski definition) is 2. The van der Waals surface area contributed by atoms with Gasteiger partial charge in [-0.3, -0.25) is 4.79 Å². The van der Waals surface area contributed by atoms with Crippen molar-refractivity contribution in [3.63, 3.8) is 0 Å². The molecule has 0 saturated heterocycles. The Bertz CT molecular complexity index is 428. The first-order valence-electron chi connectivity index (χ1n) is 5.95. The average molecular weight is 370 g/mol. The van der Waals surface area contributed by atoms with E-state index in [4.69, 9.17) is 17.3 Å². The molecule has 0 aliphatic rings. The Labute approximate surface area is 133 Å². The van der Waals surface area contributed by atoms with Gasteiger partial charge < -0.3 is 11.1 Å². The molecule has 3 nitrogen and oxygen atoms in total. The maximum Gasteiger partial charge on any atom is 0.251 e. The summed E-state index contributed by atoms with van der Waals surface area (Å²) in [5.41, 5.74) is 5.97. The quantitative estimate of drug-likeness (QED) is 0.829. The lowest BCUT2D eigenvalue weighted by Gasteiger charge is -2.31. The van der Waals surface area contributed by atoms with Crippen molar-refractivity contribution in [3.8, 4) is 0 Å². The standard InChI is InChI=1S/C13H18BrClN2O.ClH/c1-3-13(4-2,8-16)17-12(18)9-5-6-10(14)11(15)7-9;/h5-7H,3-4,8,16H2,1-2H3,(H,17,18);1H. The minimum Gasteiger partial charge on any atom is -0.345 e. The number of carbonyl (C=O) groups excluding carboxylic acids is 1. The molecular formula is C13H19BrCl2N2O. The number of halogens is 3. The zero-order valence-corrected chi connectivity index (χ0v) is 14.2. The number of carbonyl (C=O) groups is 1. The fourth-order valence-corrected chi connectivity index (χ4v) is 2.14. The van der Waals surface area contributed by atoms with E-state index in [2.05, 4.69) is 21.2 Å². The fraction of sp³-hybridized carbons (Fsp3) is 0.462. The zero-order chi connectivity index (χ0) is 13.8. The molecule has 0 aliphatic heterocycles. The summed E-state index contributed by atoms with van der Waals surface area (Å²) in [4.78, 5) is 12.2. The molecule has 0 bridgehead atoms. The molecule has 0 radical (unpaired) electrons. The monoisotopic (exact) mass is 368 g/mol. The molecule has 1 aromatic rings. The number of nitrogens with two attached hydrogens (primary N) is 1. The Morgan fingerprint density at radius 1 is 1.42 bits per heavy atom. The second kappa shape index (κ2) is 8.10. The normalized spacial score (nSPS) is 10.8. The third-order valence-corrected chi connectivity index (χ3v) is 4.54. The van der Waals surface area contributed by atoms with E-state index in [1.54, 1.807) is 18.2 Å². The van der Waals surface area contributed by atoms with Gasteiger partial charge in [-0.25, -0.2) is 0 Å². The van der Waals surface area contributed by atoms with E-state index in [9.17, 15) is 4.79 Å². The molecular weight excluding hydrogens is 351 g/mol. The van der Waals surface area contributed by atoms with Crippen LogP contribution in [0.1, 0.15) is 37.0 Å². The van der Waals surface area contributed by atoms with Crippen LogP contribution in [0.2, 0.25) is 5.02 Å². The lowest BCUT2D eigenvalue weighted by atomic mass is 9.92. The smallest absolute Gasteiger partial charge is 0.251 e. The van der Waals surface area contributed by atoms with Gasteiger partial charge in [0.25, 0.3) is 5.91 Å². The molecule has 1 amide bonds. The van der Waals surface area contributed by atoms with E-state index in [0.29, 0.717) is 17.1 Å². The van der Waals surface area contributed by atoms with Gasteiger partial charge in [-0.2, -0.15) is 0 Å². The van der Waals surface area contributed by atoms with Crippen LogP contribution in [-0.4, -0.2) is 18.0 Å². The van der Waals surface area contributed by atoms with Crippen LogP contribution in [0.3, 0.4) is 0 Å². The van der Waals surface area contributed by atoms with E-state index in [0.717, 1.165) is 17.3 Å². The summed E-state index contributed by atoms with van der Waals surface area (Å²) in [6, 6.07) is 5.14. The highest BCUT2D eigenvalue weighted by Gasteiger charge is 2.26. The molecule has 0 fully saturated rings. The first-order valence-corrected chi connectivity index (χ1v) is 7.12. The average Bonchev–Trinajstić information content (AvgIpc) is 2.39. The van der Waals surface area contributed by atoms with Gasteiger partial charge in [0.15, 0.2) is 0 Å². The Kier molecular flexibility index (Phi) is 7.98. The Hall–Kier alpha value is -0.290. The lowest BCUT2D eigenvalue weighted by molar-refractivity contribution is 0.0895. The Morgan fingerprint density at radius 3 is 2.42 bits per heavy atom. The molecule has 3 N–H and O–H groups in total. The number of benzene rings is 1. The predicted molar refractivity (Wildman–Crippen MR) is 86.2 cm³/mol. The van der Waals surface area contributed by atoms with Crippen LogP contribution < -0.4 is 11.1 Å². The maximum absolute atomic E-state index is 12.2. The molecule has 0 atom stereocenters. The van der Waals surface area contributed by atoms with Crippen molar-refractivity contribution < 1.29 is 4.79 Å². The second-order valence-electron chi connectivity index (χ2n) is 4.27. The first kappa shape index (κ1) is 18.7. The van der Waals surface area contributed by atoms with Crippen LogP contribution in [0.15, 0.2) is 22.7 Å². The number of nitrogens with one attached hydrogen (secondary N) is 1. The van der Waals surface area contributed by atoms with E-state index < -0.39 is 0 Å². The Morgan fingerprint density at radius 2 is 2.00 bits per heavy atom. The van der Waals surface area contributed by atoms with Gasteiger partial charge in [0, 0.05) is 16.6 Å². The highest BCUT2D eigenvalue weighted by atomic mass is 79.9. The summed E-state index contributed by atoms with van der Waals surface area (Å²) in [6.07, 6.45) is 1.60. The summed E-state index contributed by atoms with van der Waals surface area (Å²) < 4.78 is 0.775. The summed E-state index contributed by atoms with van der Waals surface area (Å²) in [6.45, 7) is 4.46. The van der Waals surface area contributed by atoms with Crippen molar-refractivity contribution in [2.45, 2.75) is 32.2 Å². The number of hydrogen-bond donors (Lipinski definition) is 2. The minimum absolute atomic E-state index is 0. The first-order chi connectivity index (χ1) is 8.48. The van der Waals surface area contributed by atoms with Gasteiger partial charge in [0.2, 0.25) is 0 Å². The van der Waals surface area contributed by atoms with Crippen LogP contribution in [0.4, 0.5) is 0 Å². The summed E-state index contributed by atoms with van der Waals surface area (Å²) in [5, 5.41) is 3.53. The molecule has 108 valence electrons. The van der Waals surface area contributed by atoms with Gasteiger partial charge in [-0.05, 0) is 47.0 Å². The molecule has 19 heavy (non-hydrogen) atoms. The fourth-order valence-electron chi connectivity index (χ4n) is 1.72. The van der Waals surface area contributed by atoms with Crippen LogP contribution in [0.25, 0.3) is 0 Å². The predicted octanol–water partition coefficient (Wildman–Crippen LogP) is 3.77. The van der Waals surface area contributed by atoms with E-state index in [1.165, 1.54) is 0 Å². The largest absolute Gasteiger partial charge is 0.345 e. The maximum atomic E-state index is 12.2. The molecule has 0 unspecified atom stereocenters. The van der Waals surface area contributed by atoms with Crippen LogP contribution in [-0.2, 0) is 0 Å². The number of rotatable bonds is 5. The van der Waals surface area contributed by atoms with Crippen molar-refractivity contribution in [1.29, 1.82) is 0 Å². The van der Waals surface area contributed by atoms with Gasteiger partial charge in [-0.1, -0.05) is 25.4 Å². The van der Waals surface area contributed by atoms with Crippen LogP contribution in [0, 0.1) is 0 Å². The summed E-state index contributed by atoms with van der Waals surface area (Å²) >= 11 is 9.28. The van der Waals surface area contributed by atoms with Crippen molar-refractivity contribution in [2.75, 3.05) is 6.54 Å². The van der Waals surface area contributed by atoms with Gasteiger partial charge in [0.1, 0.15) is 0 Å². The van der Waals surface area contributed by atoms with E-state index in [-0.39, 0.29) is 23.9 Å². The molecule has 0 aliphatic carbocycles. The van der Waals surface area contributed by atoms with Gasteiger partial charge >= 0.3 is 0 Å². The van der Waals surface area contributed by atoms with E-state index in [1.807, 2.05) is 13.8 Å². The second-order valence-corrected chi connectivity index (χ2v) is 5.54. The van der Waals surface area contributed by atoms with Crippen molar-refractivity contribution in [1.82, 2.24) is 5.32 Å². The molecule has 0 aromatic heterocycles. The van der Waals surface area contributed by atoms with E-state index >= 15 is 0 Å². The van der Waals surface area contributed by atoms with Gasteiger partial charge in [0.05, 0.1) is 10.6 Å². The van der Waals surface area contributed by atoms with Crippen LogP contribution >= 0.6 is 39.9 Å². The SMILES string of the molecule is CCC(CC)(CN)NC(=O)c1ccc(Br)c(Cl)c1.Cl. The lowest BCUT2D eigenvalue weighted by Crippen LogP contribution is -2.52. The number of amides is 1. The van der Waals surface area contributed by atoms with Crippen molar-refractivity contribution in [3.05, 3.63) is 33.3 Å². The molecule has 6 heteroatoms. The summed E-state index contributed by atoms with van der Waals surface area (Å²) in [7, 11) is 0. The minimum atomic E-state index is -0.337. The topological polar surface area (TPSA) is 55.1 Å². The highest BCUT2D eigenvalue weighted by Crippen LogP contribution is 2.23. The Balaban J connectivity index is 0.00000324. The molecule has 1 aromatic carbocycles. The molecule has 0 spiro atoms. The van der Waals surface area contributed by atoms with Crippen LogP contribution in [0.5, 0.6) is 0 Å². The molecule has 0 saturated carbocycles. The third-order valence-electron chi connectivity index (χ3n) is 3.30. The van der Waals surface area contributed by atoms with Gasteiger partial charge in [-0.15, -0.1) is 12.4 Å². The molecule has 1 rings (SSSR count). The van der Waals surface area contributed by atoms with Crippen molar-refractivity contribution >= 4 is 45.8 Å². The zero-order valence-electron chi connectivity index (χ0n) is 11.0. The summed E-state index contributed by atoms with van der Waals surface area (Å²) in [5.74, 6) is -0.140.